The van der Waals surface area contributed by atoms with E-state index in [9.17, 15) is 28.8 Å². The SMILES string of the molecule is CCCCCCCCCNCNC(=O)NC1CCCC(NC(=O)OCC(COCCOCCOCCOC)OC(=O)NC2CCCC(NC(=O)OCCSSCCOC(=O)NC3CCCC(NC(=O)NCNCCCCCCC)C3)C2)C1. The van der Waals surface area contributed by atoms with Crippen LogP contribution >= 0.6 is 21.6 Å². The summed E-state index contributed by atoms with van der Waals surface area (Å²) < 4.78 is 43.9. The van der Waals surface area contributed by atoms with Crippen LogP contribution in [0.15, 0.2) is 0 Å². The van der Waals surface area contributed by atoms with Gasteiger partial charge in [0.05, 0.1) is 59.6 Å². The van der Waals surface area contributed by atoms with Crippen LogP contribution in [0, 0.1) is 0 Å². The molecule has 8 amide bonds. The molecule has 0 aromatic rings. The lowest BCUT2D eigenvalue weighted by molar-refractivity contribution is -0.0339. The molecular formula is C56H106N10O14S2. The van der Waals surface area contributed by atoms with Crippen molar-refractivity contribution in [3.05, 3.63) is 0 Å². The maximum absolute atomic E-state index is 13.3. The van der Waals surface area contributed by atoms with Gasteiger partial charge in [-0.2, -0.15) is 0 Å². The van der Waals surface area contributed by atoms with Crippen LogP contribution in [0.5, 0.6) is 0 Å². The third-order valence-corrected chi connectivity index (χ3v) is 16.5. The van der Waals surface area contributed by atoms with E-state index in [0.717, 1.165) is 77.3 Å². The zero-order chi connectivity index (χ0) is 58.9. The molecule has 3 aliphatic rings. The number of alkyl carbamates (subject to hydrolysis) is 4. The van der Waals surface area contributed by atoms with Crippen molar-refractivity contribution in [2.75, 3.05) is 111 Å². The Labute approximate surface area is 497 Å². The second-order valence-electron chi connectivity index (χ2n) is 21.3. The molecule has 0 aromatic carbocycles. The van der Waals surface area contributed by atoms with Gasteiger partial charge in [0.1, 0.15) is 19.8 Å². The fourth-order valence-corrected chi connectivity index (χ4v) is 11.5. The second-order valence-corrected chi connectivity index (χ2v) is 24.0. The Balaban J connectivity index is 1.28. The normalized spacial score (nSPS) is 20.1. The molecule has 26 heteroatoms. The highest BCUT2D eigenvalue weighted by atomic mass is 33.1. The molecule has 3 rings (SSSR count). The number of unbranched alkanes of at least 4 members (excludes halogenated alkanes) is 10. The summed E-state index contributed by atoms with van der Waals surface area (Å²) in [6.07, 6.45) is 20.0. The highest BCUT2D eigenvalue weighted by Crippen LogP contribution is 2.23. The van der Waals surface area contributed by atoms with E-state index in [1.807, 2.05) is 0 Å². The first-order valence-corrected chi connectivity index (χ1v) is 33.3. The Hall–Kier alpha value is -3.92. The summed E-state index contributed by atoms with van der Waals surface area (Å²) in [7, 11) is 4.62. The first-order chi connectivity index (χ1) is 40.1. The van der Waals surface area contributed by atoms with Crippen LogP contribution in [0.1, 0.15) is 168 Å². The summed E-state index contributed by atoms with van der Waals surface area (Å²) in [5.41, 5.74) is 0. The maximum Gasteiger partial charge on any atom is 0.407 e. The Morgan fingerprint density at radius 3 is 1.24 bits per heavy atom. The van der Waals surface area contributed by atoms with Crippen LogP contribution in [0.4, 0.5) is 28.8 Å². The quantitative estimate of drug-likeness (QED) is 0.0121. The van der Waals surface area contributed by atoms with E-state index < -0.39 is 30.5 Å². The van der Waals surface area contributed by atoms with Crippen molar-refractivity contribution >= 4 is 58.0 Å². The lowest BCUT2D eigenvalue weighted by atomic mass is 9.91. The molecule has 0 heterocycles. The third kappa shape index (κ3) is 39.6. The van der Waals surface area contributed by atoms with Gasteiger partial charge in [-0.3, -0.25) is 10.6 Å². The topological polar surface area (TPSA) is 297 Å². The molecule has 3 fully saturated rings. The lowest BCUT2D eigenvalue weighted by Gasteiger charge is -2.31. The monoisotopic (exact) mass is 1210 g/mol. The molecule has 3 saturated carbocycles. The fourth-order valence-electron chi connectivity index (χ4n) is 9.87. The van der Waals surface area contributed by atoms with Gasteiger partial charge < -0.3 is 80.4 Å². The maximum atomic E-state index is 13.3. The molecule has 7 unspecified atom stereocenters. The fraction of sp³-hybridized carbons (Fsp3) is 0.893. The smallest absolute Gasteiger partial charge is 0.407 e. The highest BCUT2D eigenvalue weighted by molar-refractivity contribution is 8.76. The zero-order valence-electron chi connectivity index (χ0n) is 49.9. The number of rotatable bonds is 45. The van der Waals surface area contributed by atoms with Crippen LogP contribution < -0.4 is 53.2 Å². The average molecular weight is 1210 g/mol. The van der Waals surface area contributed by atoms with E-state index in [1.54, 1.807) is 7.11 Å². The van der Waals surface area contributed by atoms with Gasteiger partial charge in [0.15, 0.2) is 6.10 Å². The van der Waals surface area contributed by atoms with Gasteiger partial charge in [-0.25, -0.2) is 28.8 Å². The minimum absolute atomic E-state index is 0.0220. The lowest BCUT2D eigenvalue weighted by Crippen LogP contribution is -2.50. The van der Waals surface area contributed by atoms with E-state index in [0.29, 0.717) is 77.0 Å². The summed E-state index contributed by atoms with van der Waals surface area (Å²) >= 11 is 0. The molecule has 24 nitrogen and oxygen atoms in total. The van der Waals surface area contributed by atoms with E-state index in [1.165, 1.54) is 85.8 Å². The Kier molecular flexibility index (Phi) is 43.5. The van der Waals surface area contributed by atoms with Crippen molar-refractivity contribution in [2.24, 2.45) is 0 Å². The molecule has 0 spiro atoms. The number of ether oxygens (including phenoxy) is 8. The molecule has 10 N–H and O–H groups in total. The standard InChI is InChI=1S/C56H106N10O14S2/c1-4-6-8-10-11-13-15-26-58-43-60-52(68)62-45-20-17-22-47(38-45)65-55(71)79-41-50(40-76-32-31-75-30-29-74-28-27-73-3)80-56(72)66-49-24-18-23-48(39-49)64-54(70)78-34-36-82-81-35-33-77-53(69)63-46-21-16-19-44(37-46)61-51(67)59-42-57-25-14-12-9-7-5-2/h44-50,57-58H,4-43H2,1-3H3,(H,63,69)(H,64,70)(H,65,71)(H,66,72)(H2,59,61,67)(H2,60,62,68). The number of amides is 8. The molecular weight excluding hydrogens is 1100 g/mol. The van der Waals surface area contributed by atoms with E-state index >= 15 is 0 Å². The van der Waals surface area contributed by atoms with Crippen LogP contribution in [-0.2, 0) is 37.9 Å². The second kappa shape index (κ2) is 49.4. The minimum atomic E-state index is -0.935. The molecule has 0 aliphatic heterocycles. The van der Waals surface area contributed by atoms with Gasteiger partial charge in [0, 0.05) is 54.9 Å². The molecule has 0 saturated heterocycles. The van der Waals surface area contributed by atoms with E-state index in [2.05, 4.69) is 67.0 Å². The summed E-state index contributed by atoms with van der Waals surface area (Å²) in [6.45, 7) is 9.25. The van der Waals surface area contributed by atoms with E-state index in [4.69, 9.17) is 37.9 Å². The van der Waals surface area contributed by atoms with Gasteiger partial charge in [-0.05, 0) is 103 Å². The molecule has 476 valence electrons. The Morgan fingerprint density at radius 2 is 0.805 bits per heavy atom. The highest BCUT2D eigenvalue weighted by Gasteiger charge is 2.29. The van der Waals surface area contributed by atoms with Crippen LogP contribution in [0.25, 0.3) is 0 Å². The third-order valence-electron chi connectivity index (χ3n) is 14.2. The molecule has 0 radical (unpaired) electrons. The van der Waals surface area contributed by atoms with Crippen molar-refractivity contribution in [1.29, 1.82) is 0 Å². The number of carbonyl (C=O) groups is 6. The van der Waals surface area contributed by atoms with Crippen molar-refractivity contribution in [3.8, 4) is 0 Å². The van der Waals surface area contributed by atoms with Gasteiger partial charge in [-0.15, -0.1) is 0 Å². The van der Waals surface area contributed by atoms with Crippen molar-refractivity contribution in [3.63, 3.8) is 0 Å². The predicted molar refractivity (Wildman–Crippen MR) is 320 cm³/mol. The molecule has 0 aromatic heterocycles. The first kappa shape index (κ1) is 72.3. The summed E-state index contributed by atoms with van der Waals surface area (Å²) in [5.74, 6) is 1.09. The van der Waals surface area contributed by atoms with Gasteiger partial charge >= 0.3 is 36.4 Å². The number of nitrogens with one attached hydrogen (secondary N) is 10. The van der Waals surface area contributed by atoms with Crippen LogP contribution in [0.2, 0.25) is 0 Å². The number of urea groups is 2. The van der Waals surface area contributed by atoms with E-state index in [-0.39, 0.29) is 88.0 Å². The first-order valence-electron chi connectivity index (χ1n) is 30.8. The Bertz CT molecular complexity index is 1690. The summed E-state index contributed by atoms with van der Waals surface area (Å²) in [5, 5.41) is 30.0. The van der Waals surface area contributed by atoms with Gasteiger partial charge in [0.2, 0.25) is 0 Å². The van der Waals surface area contributed by atoms with Crippen molar-refractivity contribution in [2.45, 2.75) is 210 Å². The number of methoxy groups -OCH3 is 1. The van der Waals surface area contributed by atoms with Crippen LogP contribution in [-0.4, -0.2) is 190 Å². The van der Waals surface area contributed by atoms with Gasteiger partial charge in [-0.1, -0.05) is 99.6 Å². The minimum Gasteiger partial charge on any atom is -0.449 e. The van der Waals surface area contributed by atoms with Crippen molar-refractivity contribution < 1.29 is 66.7 Å². The largest absolute Gasteiger partial charge is 0.449 e. The summed E-state index contributed by atoms with van der Waals surface area (Å²) in [4.78, 5) is 76.6. The molecule has 7 atom stereocenters. The average Bonchev–Trinajstić information content (AvgIpc) is 3.46. The predicted octanol–water partition coefficient (Wildman–Crippen LogP) is 7.68. The number of carbonyl (C=O) groups excluding carboxylic acids is 6. The van der Waals surface area contributed by atoms with Crippen LogP contribution in [0.3, 0.4) is 0 Å². The Morgan fingerprint density at radius 1 is 0.427 bits per heavy atom. The molecule has 82 heavy (non-hydrogen) atoms. The molecule has 3 aliphatic carbocycles. The number of hydrogen-bond acceptors (Lipinski definition) is 18. The zero-order valence-corrected chi connectivity index (χ0v) is 51.5. The summed E-state index contributed by atoms with van der Waals surface area (Å²) in [6, 6.07) is -1.39. The number of hydrogen-bond donors (Lipinski definition) is 10. The van der Waals surface area contributed by atoms with Gasteiger partial charge in [0.25, 0.3) is 0 Å². The van der Waals surface area contributed by atoms with Crippen molar-refractivity contribution in [1.82, 2.24) is 53.2 Å². The molecule has 0 bridgehead atoms.